The van der Waals surface area contributed by atoms with E-state index in [0.29, 0.717) is 9.47 Å². The Morgan fingerprint density at radius 2 is 2.18 bits per heavy atom. The van der Waals surface area contributed by atoms with Crippen LogP contribution in [0.4, 0.5) is 5.00 Å². The summed E-state index contributed by atoms with van der Waals surface area (Å²) in [6.45, 7) is 0. The lowest BCUT2D eigenvalue weighted by Gasteiger charge is -2.04. The Bertz CT molecular complexity index is 677. The monoisotopic (exact) mass is 334 g/mol. The van der Waals surface area contributed by atoms with Gasteiger partial charge >= 0.3 is 0 Å². The van der Waals surface area contributed by atoms with Crippen molar-refractivity contribution < 1.29 is 8.42 Å². The fraction of sp³-hybridized carbons (Fsp3) is 0. The van der Waals surface area contributed by atoms with Crippen LogP contribution in [0.5, 0.6) is 0 Å². The van der Waals surface area contributed by atoms with Crippen LogP contribution in [0.25, 0.3) is 0 Å². The second-order valence-electron chi connectivity index (χ2n) is 3.09. The molecular weight excluding hydrogens is 328 g/mol. The van der Waals surface area contributed by atoms with Gasteiger partial charge in [-0.3, -0.25) is 9.52 Å². The number of rotatable bonds is 3. The van der Waals surface area contributed by atoms with Crippen molar-refractivity contribution in [3.8, 4) is 0 Å². The lowest BCUT2D eigenvalue weighted by Crippen LogP contribution is -2.22. The maximum atomic E-state index is 11.9. The van der Waals surface area contributed by atoms with Crippen LogP contribution in [0.2, 0.25) is 0 Å². The van der Waals surface area contributed by atoms with Gasteiger partial charge in [0.15, 0.2) is 4.90 Å². The maximum Gasteiger partial charge on any atom is 0.268 e. The minimum absolute atomic E-state index is 0.319. The van der Waals surface area contributed by atoms with Crippen molar-refractivity contribution in [2.45, 2.75) is 4.90 Å². The number of anilines is 1. The molecular formula is C9H7BrN2O3S2. The Labute approximate surface area is 110 Å². The highest BCUT2D eigenvalue weighted by Crippen LogP contribution is 2.20. The Kier molecular flexibility index (Phi) is 3.36. The Morgan fingerprint density at radius 3 is 2.82 bits per heavy atom. The van der Waals surface area contributed by atoms with Gasteiger partial charge in [-0.2, -0.15) is 0 Å². The summed E-state index contributed by atoms with van der Waals surface area (Å²) >= 11 is 4.35. The zero-order valence-electron chi connectivity index (χ0n) is 8.31. The number of pyridine rings is 1. The van der Waals surface area contributed by atoms with Gasteiger partial charge in [0.2, 0.25) is 0 Å². The Hall–Kier alpha value is -1.12. The molecule has 2 aromatic heterocycles. The lowest BCUT2D eigenvalue weighted by atomic mass is 10.5. The molecule has 0 atom stereocenters. The number of aromatic amines is 1. The van der Waals surface area contributed by atoms with E-state index in [0.717, 1.165) is 0 Å². The smallest absolute Gasteiger partial charge is 0.268 e. The van der Waals surface area contributed by atoms with Crippen molar-refractivity contribution in [3.63, 3.8) is 0 Å². The number of nitrogens with one attached hydrogen (secondary N) is 2. The summed E-state index contributed by atoms with van der Waals surface area (Å²) in [7, 11) is -3.85. The fourth-order valence-electron chi connectivity index (χ4n) is 1.16. The number of halogens is 1. The minimum Gasteiger partial charge on any atom is -0.327 e. The van der Waals surface area contributed by atoms with Gasteiger partial charge in [-0.25, -0.2) is 8.42 Å². The second-order valence-corrected chi connectivity index (χ2v) is 6.61. The normalized spacial score (nSPS) is 11.4. The van der Waals surface area contributed by atoms with Crippen molar-refractivity contribution in [2.75, 3.05) is 4.72 Å². The Balaban J connectivity index is 2.45. The third-order valence-corrected chi connectivity index (χ3v) is 4.62. The van der Waals surface area contributed by atoms with E-state index in [9.17, 15) is 13.2 Å². The third kappa shape index (κ3) is 2.76. The average molecular weight is 335 g/mol. The van der Waals surface area contributed by atoms with E-state index in [2.05, 4.69) is 25.6 Å². The largest absolute Gasteiger partial charge is 0.327 e. The molecule has 17 heavy (non-hydrogen) atoms. The molecule has 0 aliphatic carbocycles. The van der Waals surface area contributed by atoms with Crippen molar-refractivity contribution in [3.05, 3.63) is 44.6 Å². The summed E-state index contributed by atoms with van der Waals surface area (Å²) in [4.78, 5) is 13.5. The molecule has 2 aromatic rings. The molecule has 0 unspecified atom stereocenters. The van der Waals surface area contributed by atoms with Crippen LogP contribution >= 0.6 is 27.3 Å². The summed E-state index contributed by atoms with van der Waals surface area (Å²) in [5.74, 6) is 0. The van der Waals surface area contributed by atoms with Gasteiger partial charge in [0.05, 0.1) is 0 Å². The minimum atomic E-state index is -3.85. The van der Waals surface area contributed by atoms with Crippen LogP contribution in [-0.2, 0) is 10.0 Å². The van der Waals surface area contributed by atoms with Gasteiger partial charge < -0.3 is 4.98 Å². The van der Waals surface area contributed by atoms with Crippen molar-refractivity contribution in [1.82, 2.24) is 4.98 Å². The first-order chi connectivity index (χ1) is 7.99. The maximum absolute atomic E-state index is 11.9. The zero-order valence-corrected chi connectivity index (χ0v) is 11.5. The Morgan fingerprint density at radius 1 is 1.41 bits per heavy atom. The molecule has 8 heteroatoms. The summed E-state index contributed by atoms with van der Waals surface area (Å²) in [6, 6.07) is 4.59. The van der Waals surface area contributed by atoms with Gasteiger partial charge in [-0.1, -0.05) is 0 Å². The quantitative estimate of drug-likeness (QED) is 0.900. The topological polar surface area (TPSA) is 79.0 Å². The van der Waals surface area contributed by atoms with E-state index in [1.54, 1.807) is 17.5 Å². The standard InChI is InChI=1S/C9H7BrN2O3S2/c10-6-4-7(9(13)11-5-6)17(14,15)12-8-2-1-3-16-8/h1-5,12H,(H,11,13). The van der Waals surface area contributed by atoms with E-state index in [4.69, 9.17) is 0 Å². The van der Waals surface area contributed by atoms with Gasteiger partial charge in [-0.05, 0) is 39.5 Å². The van der Waals surface area contributed by atoms with Gasteiger partial charge in [0, 0.05) is 10.7 Å². The molecule has 0 spiro atoms. The van der Waals surface area contributed by atoms with E-state index < -0.39 is 15.6 Å². The van der Waals surface area contributed by atoms with Crippen LogP contribution < -0.4 is 10.3 Å². The van der Waals surface area contributed by atoms with E-state index in [1.165, 1.54) is 23.6 Å². The third-order valence-electron chi connectivity index (χ3n) is 1.88. The van der Waals surface area contributed by atoms with Crippen LogP contribution in [0.3, 0.4) is 0 Å². The summed E-state index contributed by atoms with van der Waals surface area (Å²) < 4.78 is 26.7. The van der Waals surface area contributed by atoms with Crippen LogP contribution in [0.1, 0.15) is 0 Å². The number of H-pyrrole nitrogens is 1. The molecule has 2 N–H and O–H groups in total. The number of hydrogen-bond donors (Lipinski definition) is 2. The predicted octanol–water partition coefficient (Wildman–Crippen LogP) is 2.00. The molecule has 90 valence electrons. The van der Waals surface area contributed by atoms with Crippen molar-refractivity contribution in [2.24, 2.45) is 0 Å². The lowest BCUT2D eigenvalue weighted by molar-refractivity contribution is 0.600. The highest BCUT2D eigenvalue weighted by molar-refractivity contribution is 9.10. The van der Waals surface area contributed by atoms with E-state index in [1.807, 2.05) is 0 Å². The molecule has 0 saturated carbocycles. The van der Waals surface area contributed by atoms with Crippen LogP contribution in [-0.4, -0.2) is 13.4 Å². The highest BCUT2D eigenvalue weighted by Gasteiger charge is 2.19. The summed E-state index contributed by atoms with van der Waals surface area (Å²) in [5.41, 5.74) is -0.655. The van der Waals surface area contributed by atoms with Crippen LogP contribution in [0, 0.1) is 0 Å². The molecule has 0 amide bonds. The first-order valence-electron chi connectivity index (χ1n) is 4.43. The van der Waals surface area contributed by atoms with Gasteiger partial charge in [0.1, 0.15) is 5.00 Å². The van der Waals surface area contributed by atoms with E-state index in [-0.39, 0.29) is 4.90 Å². The summed E-state index contributed by atoms with van der Waals surface area (Å²) in [6.07, 6.45) is 1.38. The molecule has 0 radical (unpaired) electrons. The average Bonchev–Trinajstić information content (AvgIpc) is 2.73. The molecule has 0 aliphatic rings. The highest BCUT2D eigenvalue weighted by atomic mass is 79.9. The van der Waals surface area contributed by atoms with Crippen molar-refractivity contribution in [1.29, 1.82) is 0 Å². The molecule has 0 aromatic carbocycles. The molecule has 2 heterocycles. The second kappa shape index (κ2) is 4.63. The molecule has 2 rings (SSSR count). The first-order valence-corrected chi connectivity index (χ1v) is 7.59. The number of sulfonamides is 1. The number of thiophene rings is 1. The molecule has 0 saturated heterocycles. The summed E-state index contributed by atoms with van der Waals surface area (Å²) in [5, 5.41) is 2.20. The first kappa shape index (κ1) is 12.3. The molecule has 5 nitrogen and oxygen atoms in total. The number of hydrogen-bond acceptors (Lipinski definition) is 4. The number of aromatic nitrogens is 1. The van der Waals surface area contributed by atoms with Crippen LogP contribution in [0.15, 0.2) is 43.9 Å². The molecule has 0 aliphatic heterocycles. The molecule has 0 fully saturated rings. The predicted molar refractivity (Wildman–Crippen MR) is 69.9 cm³/mol. The van der Waals surface area contributed by atoms with Gasteiger partial charge in [-0.15, -0.1) is 11.3 Å². The van der Waals surface area contributed by atoms with E-state index >= 15 is 0 Å². The van der Waals surface area contributed by atoms with Gasteiger partial charge in [0.25, 0.3) is 15.6 Å². The molecule has 0 bridgehead atoms. The zero-order chi connectivity index (χ0) is 12.5. The van der Waals surface area contributed by atoms with Crippen molar-refractivity contribution >= 4 is 42.3 Å². The fourth-order valence-corrected chi connectivity index (χ4v) is 3.67. The SMILES string of the molecule is O=c1[nH]cc(Br)cc1S(=O)(=O)Nc1cccs1.